The number of phenolic OH excluding ortho intramolecular Hbond substituents is 1. The lowest BCUT2D eigenvalue weighted by Gasteiger charge is -2.17. The fourth-order valence-electron chi connectivity index (χ4n) is 1.26. The standard InChI is InChI=1S/C11H11IN2O2/c1-2-14(6-5-13)11(16)9-7-8(12)3-4-10(9)15/h3-4,7,15H,2,6H2,1H3. The Labute approximate surface area is 108 Å². The number of phenols is 1. The first-order valence-corrected chi connectivity index (χ1v) is 5.82. The molecule has 0 heterocycles. The van der Waals surface area contributed by atoms with Crippen LogP contribution < -0.4 is 0 Å². The molecular weight excluding hydrogens is 319 g/mol. The minimum Gasteiger partial charge on any atom is -0.507 e. The van der Waals surface area contributed by atoms with Crippen LogP contribution in [0.3, 0.4) is 0 Å². The normalized spacial score (nSPS) is 9.56. The molecule has 0 unspecified atom stereocenters. The first-order chi connectivity index (χ1) is 7.60. The number of nitriles is 1. The Morgan fingerprint density at radius 1 is 1.62 bits per heavy atom. The van der Waals surface area contributed by atoms with Crippen LogP contribution in [0.4, 0.5) is 0 Å². The SMILES string of the molecule is CCN(CC#N)C(=O)c1cc(I)ccc1O. The van der Waals surface area contributed by atoms with E-state index in [-0.39, 0.29) is 23.8 Å². The van der Waals surface area contributed by atoms with Gasteiger partial charge in [-0.25, -0.2) is 0 Å². The fraction of sp³-hybridized carbons (Fsp3) is 0.273. The summed E-state index contributed by atoms with van der Waals surface area (Å²) >= 11 is 2.07. The van der Waals surface area contributed by atoms with Gasteiger partial charge in [0.15, 0.2) is 0 Å². The molecule has 16 heavy (non-hydrogen) atoms. The van der Waals surface area contributed by atoms with E-state index in [0.717, 1.165) is 3.57 Å². The number of hydrogen-bond donors (Lipinski definition) is 1. The van der Waals surface area contributed by atoms with Gasteiger partial charge in [-0.05, 0) is 47.7 Å². The second-order valence-electron chi connectivity index (χ2n) is 3.14. The van der Waals surface area contributed by atoms with Crippen LogP contribution in [0, 0.1) is 14.9 Å². The summed E-state index contributed by atoms with van der Waals surface area (Å²) in [7, 11) is 0. The third-order valence-corrected chi connectivity index (χ3v) is 2.79. The quantitative estimate of drug-likeness (QED) is 0.681. The predicted octanol–water partition coefficient (Wildman–Crippen LogP) is 1.98. The van der Waals surface area contributed by atoms with E-state index in [9.17, 15) is 9.90 Å². The zero-order chi connectivity index (χ0) is 12.1. The van der Waals surface area contributed by atoms with E-state index in [0.29, 0.717) is 6.54 Å². The fourth-order valence-corrected chi connectivity index (χ4v) is 1.75. The van der Waals surface area contributed by atoms with Crippen molar-refractivity contribution in [3.63, 3.8) is 0 Å². The first-order valence-electron chi connectivity index (χ1n) is 4.75. The maximum Gasteiger partial charge on any atom is 0.258 e. The molecule has 0 aliphatic carbocycles. The molecule has 0 saturated heterocycles. The van der Waals surface area contributed by atoms with Gasteiger partial charge in [0.1, 0.15) is 12.3 Å². The second kappa shape index (κ2) is 5.70. The van der Waals surface area contributed by atoms with Crippen LogP contribution in [0.5, 0.6) is 5.75 Å². The van der Waals surface area contributed by atoms with Crippen LogP contribution in [0.15, 0.2) is 18.2 Å². The van der Waals surface area contributed by atoms with Crippen molar-refractivity contribution in [2.75, 3.05) is 13.1 Å². The van der Waals surface area contributed by atoms with E-state index in [1.807, 2.05) is 6.07 Å². The minimum atomic E-state index is -0.319. The van der Waals surface area contributed by atoms with Crippen molar-refractivity contribution in [2.24, 2.45) is 0 Å². The summed E-state index contributed by atoms with van der Waals surface area (Å²) in [5.41, 5.74) is 0.240. The molecule has 0 spiro atoms. The van der Waals surface area contributed by atoms with Crippen molar-refractivity contribution in [1.82, 2.24) is 4.90 Å². The largest absolute Gasteiger partial charge is 0.507 e. The zero-order valence-corrected chi connectivity index (χ0v) is 10.9. The number of nitrogens with zero attached hydrogens (tertiary/aromatic N) is 2. The summed E-state index contributed by atoms with van der Waals surface area (Å²) in [4.78, 5) is 13.3. The highest BCUT2D eigenvalue weighted by Crippen LogP contribution is 2.21. The average molecular weight is 330 g/mol. The topological polar surface area (TPSA) is 64.3 Å². The molecule has 0 aliphatic rings. The van der Waals surface area contributed by atoms with Gasteiger partial charge in [-0.1, -0.05) is 0 Å². The molecule has 0 fully saturated rings. The molecule has 1 amide bonds. The van der Waals surface area contributed by atoms with Crippen LogP contribution in [0.2, 0.25) is 0 Å². The van der Waals surface area contributed by atoms with Gasteiger partial charge in [0.25, 0.3) is 5.91 Å². The molecular formula is C11H11IN2O2. The Hall–Kier alpha value is -1.29. The molecule has 0 bridgehead atoms. The number of rotatable bonds is 3. The van der Waals surface area contributed by atoms with E-state index < -0.39 is 0 Å². The van der Waals surface area contributed by atoms with Gasteiger partial charge in [0.05, 0.1) is 11.6 Å². The van der Waals surface area contributed by atoms with Crippen molar-refractivity contribution in [1.29, 1.82) is 5.26 Å². The Morgan fingerprint density at radius 3 is 2.88 bits per heavy atom. The highest BCUT2D eigenvalue weighted by molar-refractivity contribution is 14.1. The monoisotopic (exact) mass is 330 g/mol. The van der Waals surface area contributed by atoms with Crippen molar-refractivity contribution in [3.05, 3.63) is 27.3 Å². The Balaban J connectivity index is 3.03. The molecule has 0 atom stereocenters. The number of carbonyl (C=O) groups excluding carboxylic acids is 1. The first kappa shape index (κ1) is 12.8. The molecule has 4 nitrogen and oxygen atoms in total. The Bertz CT molecular complexity index is 440. The molecule has 0 aliphatic heterocycles. The molecule has 0 aromatic heterocycles. The molecule has 1 rings (SSSR count). The molecule has 1 N–H and O–H groups in total. The summed E-state index contributed by atoms with van der Waals surface area (Å²) < 4.78 is 0.867. The summed E-state index contributed by atoms with van der Waals surface area (Å²) in [6, 6.07) is 6.73. The summed E-state index contributed by atoms with van der Waals surface area (Å²) in [6.45, 7) is 2.26. The zero-order valence-electron chi connectivity index (χ0n) is 8.77. The number of carbonyl (C=O) groups is 1. The van der Waals surface area contributed by atoms with E-state index in [2.05, 4.69) is 22.6 Å². The van der Waals surface area contributed by atoms with Gasteiger partial charge in [-0.2, -0.15) is 5.26 Å². The maximum absolute atomic E-state index is 12.0. The second-order valence-corrected chi connectivity index (χ2v) is 4.38. The highest BCUT2D eigenvalue weighted by Gasteiger charge is 2.17. The van der Waals surface area contributed by atoms with Gasteiger partial charge in [-0.3, -0.25) is 4.79 Å². The van der Waals surface area contributed by atoms with Crippen LogP contribution in [-0.2, 0) is 0 Å². The number of amides is 1. The lowest BCUT2D eigenvalue weighted by molar-refractivity contribution is 0.0781. The molecule has 1 aromatic carbocycles. The van der Waals surface area contributed by atoms with Crippen LogP contribution in [0.1, 0.15) is 17.3 Å². The van der Waals surface area contributed by atoms with E-state index >= 15 is 0 Å². The van der Waals surface area contributed by atoms with Gasteiger partial charge >= 0.3 is 0 Å². The van der Waals surface area contributed by atoms with E-state index in [1.54, 1.807) is 19.1 Å². The van der Waals surface area contributed by atoms with E-state index in [1.165, 1.54) is 11.0 Å². The Kier molecular flexibility index (Phi) is 4.55. The van der Waals surface area contributed by atoms with E-state index in [4.69, 9.17) is 5.26 Å². The molecule has 0 radical (unpaired) electrons. The van der Waals surface area contributed by atoms with Gasteiger partial charge in [0, 0.05) is 10.1 Å². The van der Waals surface area contributed by atoms with Gasteiger partial charge in [0.2, 0.25) is 0 Å². The number of aromatic hydroxyl groups is 1. The van der Waals surface area contributed by atoms with Crippen LogP contribution in [0.25, 0.3) is 0 Å². The molecule has 84 valence electrons. The van der Waals surface area contributed by atoms with Gasteiger partial charge < -0.3 is 10.0 Å². The summed E-state index contributed by atoms with van der Waals surface area (Å²) in [6.07, 6.45) is 0. The highest BCUT2D eigenvalue weighted by atomic mass is 127. The summed E-state index contributed by atoms with van der Waals surface area (Å²) in [5, 5.41) is 18.2. The van der Waals surface area contributed by atoms with Crippen molar-refractivity contribution >= 4 is 28.5 Å². The van der Waals surface area contributed by atoms with Crippen molar-refractivity contribution in [3.8, 4) is 11.8 Å². The molecule has 5 heteroatoms. The molecule has 0 saturated carbocycles. The smallest absolute Gasteiger partial charge is 0.258 e. The van der Waals surface area contributed by atoms with Crippen molar-refractivity contribution in [2.45, 2.75) is 6.92 Å². The number of benzene rings is 1. The molecule has 1 aromatic rings. The predicted molar refractivity (Wildman–Crippen MR) is 68.0 cm³/mol. The summed E-state index contributed by atoms with van der Waals surface area (Å²) in [5.74, 6) is -0.373. The third kappa shape index (κ3) is 2.85. The average Bonchev–Trinajstić information content (AvgIpc) is 2.28. The number of hydrogen-bond acceptors (Lipinski definition) is 3. The van der Waals surface area contributed by atoms with Gasteiger partial charge in [-0.15, -0.1) is 0 Å². The Morgan fingerprint density at radius 2 is 2.31 bits per heavy atom. The van der Waals surface area contributed by atoms with Crippen molar-refractivity contribution < 1.29 is 9.90 Å². The number of halogens is 1. The lowest BCUT2D eigenvalue weighted by atomic mass is 10.1. The minimum absolute atomic E-state index is 0.0280. The van der Waals surface area contributed by atoms with Crippen LogP contribution >= 0.6 is 22.6 Å². The lowest BCUT2D eigenvalue weighted by Crippen LogP contribution is -2.31. The maximum atomic E-state index is 12.0. The third-order valence-electron chi connectivity index (χ3n) is 2.12. The van der Waals surface area contributed by atoms with Crippen LogP contribution in [-0.4, -0.2) is 29.0 Å².